The molecule has 0 spiro atoms. The predicted octanol–water partition coefficient (Wildman–Crippen LogP) is 3.48. The molecule has 1 saturated heterocycles. The van der Waals surface area contributed by atoms with Crippen LogP contribution in [0.25, 0.3) is 0 Å². The van der Waals surface area contributed by atoms with Crippen molar-refractivity contribution >= 4 is 28.8 Å². The van der Waals surface area contributed by atoms with Crippen LogP contribution in [0.5, 0.6) is 0 Å². The number of hydrogen-bond donors (Lipinski definition) is 1. The van der Waals surface area contributed by atoms with E-state index in [1.54, 1.807) is 23.9 Å². The van der Waals surface area contributed by atoms with Crippen LogP contribution in [0.4, 0.5) is 10.3 Å². The van der Waals surface area contributed by atoms with Crippen molar-refractivity contribution in [2.24, 2.45) is 10.9 Å². The fourth-order valence-corrected chi connectivity index (χ4v) is 5.31. The minimum absolute atomic E-state index is 0.176. The Hall–Kier alpha value is -3.26. The summed E-state index contributed by atoms with van der Waals surface area (Å²) in [5.74, 6) is 0.843. The van der Waals surface area contributed by atoms with Crippen molar-refractivity contribution in [3.63, 3.8) is 0 Å². The number of aromatic nitrogens is 2. The van der Waals surface area contributed by atoms with Gasteiger partial charge in [0.25, 0.3) is 5.91 Å². The van der Waals surface area contributed by atoms with Crippen LogP contribution in [0.2, 0.25) is 0 Å². The highest BCUT2D eigenvalue weighted by Crippen LogP contribution is 2.46. The van der Waals surface area contributed by atoms with Crippen LogP contribution in [0.15, 0.2) is 78.0 Å². The minimum atomic E-state index is -0.538. The van der Waals surface area contributed by atoms with Crippen molar-refractivity contribution in [2.75, 3.05) is 23.7 Å². The Morgan fingerprint density at radius 1 is 1.06 bits per heavy atom. The number of carbonyl (C=O) groups excluding carboxylic acids is 1. The molecule has 2 aliphatic heterocycles. The van der Waals surface area contributed by atoms with Crippen LogP contribution in [-0.4, -0.2) is 39.9 Å². The molecule has 0 bridgehead atoms. The summed E-state index contributed by atoms with van der Waals surface area (Å²) in [6.45, 7) is 1.26. The topological polar surface area (TPSA) is 70.5 Å². The fourth-order valence-electron chi connectivity index (χ4n) is 4.17. The molecule has 3 heterocycles. The highest BCUT2D eigenvalue weighted by molar-refractivity contribution is 8.13. The maximum absolute atomic E-state index is 13.3. The predicted molar refractivity (Wildman–Crippen MR) is 120 cm³/mol. The van der Waals surface area contributed by atoms with Gasteiger partial charge in [0.1, 0.15) is 5.54 Å². The van der Waals surface area contributed by atoms with Crippen molar-refractivity contribution in [3.8, 4) is 0 Å². The number of fused-ring (bicyclic) bond motifs is 1. The first-order valence-electron chi connectivity index (χ1n) is 10.0. The van der Waals surface area contributed by atoms with Crippen LogP contribution in [0.1, 0.15) is 15.9 Å². The number of aliphatic imine (C=N–C) groups is 1. The van der Waals surface area contributed by atoms with Crippen LogP contribution in [0, 0.1) is 11.7 Å². The van der Waals surface area contributed by atoms with E-state index in [0.717, 1.165) is 11.3 Å². The summed E-state index contributed by atoms with van der Waals surface area (Å²) >= 11 is 1.55. The fraction of sp³-hybridized carbons (Fsp3) is 0.217. The highest BCUT2D eigenvalue weighted by atomic mass is 32.2. The van der Waals surface area contributed by atoms with E-state index in [4.69, 9.17) is 4.99 Å². The van der Waals surface area contributed by atoms with Crippen LogP contribution >= 0.6 is 11.8 Å². The smallest absolute Gasteiger partial charge is 0.257 e. The highest BCUT2D eigenvalue weighted by Gasteiger charge is 2.51. The Bertz CT molecular complexity index is 1110. The van der Waals surface area contributed by atoms with E-state index in [2.05, 4.69) is 27.4 Å². The summed E-state index contributed by atoms with van der Waals surface area (Å²) in [6, 6.07) is 19.2. The molecular weight excluding hydrogens is 413 g/mol. The van der Waals surface area contributed by atoms with E-state index < -0.39 is 11.4 Å². The van der Waals surface area contributed by atoms with Crippen molar-refractivity contribution in [1.29, 1.82) is 0 Å². The molecule has 0 radical (unpaired) electrons. The zero-order valence-corrected chi connectivity index (χ0v) is 17.4. The molecular formula is C23H20FN5OS. The molecule has 1 N–H and O–H groups in total. The van der Waals surface area contributed by atoms with E-state index in [9.17, 15) is 9.18 Å². The second kappa shape index (κ2) is 8.11. The first-order valence-corrected chi connectivity index (χ1v) is 11.0. The maximum Gasteiger partial charge on any atom is 0.257 e. The number of nitrogens with zero attached hydrogens (tertiary/aromatic N) is 4. The third-order valence-electron chi connectivity index (χ3n) is 5.69. The SMILES string of the molecule is O=C(NC1=NC2(c3ccccc3)CN(c3ncc(F)cn3)C[C@H]2CS1)c1ccccc1. The van der Waals surface area contributed by atoms with Crippen molar-refractivity contribution in [3.05, 3.63) is 90.0 Å². The molecule has 6 nitrogen and oxygen atoms in total. The molecule has 1 amide bonds. The van der Waals surface area contributed by atoms with Gasteiger partial charge in [0.05, 0.1) is 18.9 Å². The van der Waals surface area contributed by atoms with Gasteiger partial charge >= 0.3 is 0 Å². The standard InChI is InChI=1S/C23H20FN5OS/c24-19-11-25-21(26-12-19)29-13-18-14-31-22(27-20(30)16-7-3-1-4-8-16)28-23(18,15-29)17-9-5-2-6-10-17/h1-12,18H,13-15H2,(H,27,28,30)/t18-,23?/m0/s1. The van der Waals surface area contributed by atoms with E-state index in [0.29, 0.717) is 29.8 Å². The lowest BCUT2D eigenvalue weighted by Crippen LogP contribution is -2.42. The van der Waals surface area contributed by atoms with Gasteiger partial charge in [-0.1, -0.05) is 60.3 Å². The number of thioether (sulfide) groups is 1. The zero-order chi connectivity index (χ0) is 21.3. The molecule has 1 fully saturated rings. The Labute approximate surface area is 183 Å². The monoisotopic (exact) mass is 433 g/mol. The number of nitrogens with one attached hydrogen (secondary N) is 1. The molecule has 156 valence electrons. The lowest BCUT2D eigenvalue weighted by molar-refractivity contribution is 0.0977. The summed E-state index contributed by atoms with van der Waals surface area (Å²) in [5.41, 5.74) is 1.13. The molecule has 0 saturated carbocycles. The van der Waals surface area contributed by atoms with Crippen molar-refractivity contribution in [2.45, 2.75) is 5.54 Å². The molecule has 31 heavy (non-hydrogen) atoms. The average molecular weight is 434 g/mol. The molecule has 5 rings (SSSR count). The van der Waals surface area contributed by atoms with E-state index in [1.165, 1.54) is 12.4 Å². The third kappa shape index (κ3) is 3.79. The van der Waals surface area contributed by atoms with E-state index in [-0.39, 0.29) is 11.8 Å². The van der Waals surface area contributed by atoms with Gasteiger partial charge in [0, 0.05) is 23.8 Å². The Morgan fingerprint density at radius 2 is 1.74 bits per heavy atom. The second-order valence-electron chi connectivity index (χ2n) is 7.62. The molecule has 3 aromatic rings. The second-order valence-corrected chi connectivity index (χ2v) is 8.63. The molecule has 8 heteroatoms. The maximum atomic E-state index is 13.3. The zero-order valence-electron chi connectivity index (χ0n) is 16.6. The molecule has 1 unspecified atom stereocenters. The number of hydrogen-bond acceptors (Lipinski definition) is 6. The summed E-state index contributed by atoms with van der Waals surface area (Å²) in [5, 5.41) is 3.59. The molecule has 1 aromatic heterocycles. The summed E-state index contributed by atoms with van der Waals surface area (Å²) in [7, 11) is 0. The van der Waals surface area contributed by atoms with Gasteiger partial charge in [0.15, 0.2) is 11.0 Å². The summed E-state index contributed by atoms with van der Waals surface area (Å²) < 4.78 is 13.3. The Morgan fingerprint density at radius 3 is 2.45 bits per heavy atom. The van der Waals surface area contributed by atoms with Gasteiger partial charge in [-0.2, -0.15) is 0 Å². The van der Waals surface area contributed by atoms with Gasteiger partial charge in [-0.15, -0.1) is 0 Å². The number of carbonyl (C=O) groups is 1. The minimum Gasteiger partial charge on any atom is -0.338 e. The lowest BCUT2D eigenvalue weighted by Gasteiger charge is -2.35. The lowest BCUT2D eigenvalue weighted by atomic mass is 9.82. The molecule has 2 aromatic carbocycles. The molecule has 2 atom stereocenters. The number of rotatable bonds is 3. The average Bonchev–Trinajstić information content (AvgIpc) is 3.21. The summed E-state index contributed by atoms with van der Waals surface area (Å²) in [4.78, 5) is 28.1. The van der Waals surface area contributed by atoms with E-state index in [1.807, 2.05) is 41.3 Å². The molecule has 2 aliphatic rings. The number of benzene rings is 2. The van der Waals surface area contributed by atoms with Crippen LogP contribution in [-0.2, 0) is 5.54 Å². The number of amidine groups is 1. The summed E-state index contributed by atoms with van der Waals surface area (Å²) in [6.07, 6.45) is 2.37. The Kier molecular flexibility index (Phi) is 5.15. The van der Waals surface area contributed by atoms with Gasteiger partial charge in [-0.3, -0.25) is 4.79 Å². The van der Waals surface area contributed by atoms with Gasteiger partial charge < -0.3 is 10.2 Å². The molecule has 0 aliphatic carbocycles. The normalized spacial score (nSPS) is 22.5. The van der Waals surface area contributed by atoms with E-state index >= 15 is 0 Å². The number of halogens is 1. The quantitative estimate of drug-likeness (QED) is 0.685. The van der Waals surface area contributed by atoms with Crippen molar-refractivity contribution in [1.82, 2.24) is 15.3 Å². The van der Waals surface area contributed by atoms with Gasteiger partial charge in [-0.25, -0.2) is 19.4 Å². The van der Waals surface area contributed by atoms with Crippen molar-refractivity contribution < 1.29 is 9.18 Å². The van der Waals surface area contributed by atoms with Gasteiger partial charge in [0.2, 0.25) is 5.95 Å². The van der Waals surface area contributed by atoms with Crippen LogP contribution in [0.3, 0.4) is 0 Å². The largest absolute Gasteiger partial charge is 0.338 e. The first kappa shape index (κ1) is 19.7. The van der Waals surface area contributed by atoms with Gasteiger partial charge in [-0.05, 0) is 17.7 Å². The van der Waals surface area contributed by atoms with Crippen LogP contribution < -0.4 is 10.2 Å². The Balaban J connectivity index is 1.49. The number of anilines is 1. The number of amides is 1. The first-order chi connectivity index (χ1) is 15.1. The third-order valence-corrected chi connectivity index (χ3v) is 6.73.